The summed E-state index contributed by atoms with van der Waals surface area (Å²) in [6.07, 6.45) is 3.50. The second kappa shape index (κ2) is 6.72. The molecule has 2 aromatic carbocycles. The summed E-state index contributed by atoms with van der Waals surface area (Å²) in [5.41, 5.74) is 3.90. The highest BCUT2D eigenvalue weighted by Gasteiger charge is 2.14. The van der Waals surface area contributed by atoms with Crippen LogP contribution >= 0.6 is 0 Å². The first-order valence-corrected chi connectivity index (χ1v) is 8.23. The van der Waals surface area contributed by atoms with Gasteiger partial charge in [0.1, 0.15) is 17.1 Å². The van der Waals surface area contributed by atoms with Crippen molar-refractivity contribution < 1.29 is 9.53 Å². The fraction of sp³-hybridized carbons (Fsp3) is 0.0476. The third-order valence-electron chi connectivity index (χ3n) is 4.20. The van der Waals surface area contributed by atoms with E-state index in [4.69, 9.17) is 4.74 Å². The number of benzene rings is 2. The van der Waals surface area contributed by atoms with Crippen LogP contribution in [0.15, 0.2) is 79.1 Å². The SMILES string of the molecule is COc1ccccc1NC(=O)c1cnc2ccc(-c3ccccc3)cn12. The summed E-state index contributed by atoms with van der Waals surface area (Å²) in [4.78, 5) is 17.1. The van der Waals surface area contributed by atoms with Gasteiger partial charge in [0.25, 0.3) is 5.91 Å². The molecule has 4 rings (SSSR count). The van der Waals surface area contributed by atoms with Crippen LogP contribution in [0.4, 0.5) is 5.69 Å². The van der Waals surface area contributed by atoms with E-state index in [0.717, 1.165) is 16.8 Å². The number of fused-ring (bicyclic) bond motifs is 1. The molecule has 5 heteroatoms. The summed E-state index contributed by atoms with van der Waals surface area (Å²) in [7, 11) is 1.57. The van der Waals surface area contributed by atoms with E-state index in [1.165, 1.54) is 0 Å². The Labute approximate surface area is 150 Å². The van der Waals surface area contributed by atoms with Crippen LogP contribution in [-0.2, 0) is 0 Å². The Bertz CT molecular complexity index is 1070. The van der Waals surface area contributed by atoms with Crippen LogP contribution in [0.1, 0.15) is 10.5 Å². The molecule has 0 saturated heterocycles. The largest absolute Gasteiger partial charge is 0.495 e. The summed E-state index contributed by atoms with van der Waals surface area (Å²) < 4.78 is 7.09. The van der Waals surface area contributed by atoms with Gasteiger partial charge in [0, 0.05) is 6.20 Å². The zero-order valence-corrected chi connectivity index (χ0v) is 14.2. The molecule has 0 bridgehead atoms. The Balaban J connectivity index is 1.71. The monoisotopic (exact) mass is 343 g/mol. The number of anilines is 1. The quantitative estimate of drug-likeness (QED) is 0.602. The molecule has 26 heavy (non-hydrogen) atoms. The highest BCUT2D eigenvalue weighted by Crippen LogP contribution is 2.24. The molecule has 128 valence electrons. The first-order chi connectivity index (χ1) is 12.8. The Kier molecular flexibility index (Phi) is 4.11. The van der Waals surface area contributed by atoms with Gasteiger partial charge in [-0.15, -0.1) is 0 Å². The Morgan fingerprint density at radius 1 is 0.962 bits per heavy atom. The van der Waals surface area contributed by atoms with E-state index in [9.17, 15) is 4.79 Å². The summed E-state index contributed by atoms with van der Waals surface area (Å²) in [6.45, 7) is 0. The van der Waals surface area contributed by atoms with Crippen molar-refractivity contribution in [2.45, 2.75) is 0 Å². The Hall–Kier alpha value is -3.60. The van der Waals surface area contributed by atoms with Gasteiger partial charge < -0.3 is 10.1 Å². The van der Waals surface area contributed by atoms with Gasteiger partial charge >= 0.3 is 0 Å². The van der Waals surface area contributed by atoms with Crippen LogP contribution in [0.25, 0.3) is 16.8 Å². The number of para-hydroxylation sites is 2. The summed E-state index contributed by atoms with van der Waals surface area (Å²) in [6, 6.07) is 21.2. The lowest BCUT2D eigenvalue weighted by atomic mass is 10.1. The molecule has 0 aliphatic heterocycles. The number of ether oxygens (including phenoxy) is 1. The van der Waals surface area contributed by atoms with E-state index in [1.54, 1.807) is 29.8 Å². The van der Waals surface area contributed by atoms with E-state index in [1.807, 2.05) is 60.8 Å². The van der Waals surface area contributed by atoms with Gasteiger partial charge in [0.05, 0.1) is 19.0 Å². The number of aromatic nitrogens is 2. The lowest BCUT2D eigenvalue weighted by Gasteiger charge is -2.10. The number of methoxy groups -OCH3 is 1. The van der Waals surface area contributed by atoms with Gasteiger partial charge in [-0.3, -0.25) is 9.20 Å². The van der Waals surface area contributed by atoms with Gasteiger partial charge in [0.2, 0.25) is 0 Å². The van der Waals surface area contributed by atoms with Crippen molar-refractivity contribution in [3.63, 3.8) is 0 Å². The van der Waals surface area contributed by atoms with Crippen molar-refractivity contribution in [1.82, 2.24) is 9.38 Å². The van der Waals surface area contributed by atoms with Crippen molar-refractivity contribution >= 4 is 17.2 Å². The standard InChI is InChI=1S/C21H17N3O2/c1-26-19-10-6-5-9-17(19)23-21(25)18-13-22-20-12-11-16(14-24(18)20)15-7-3-2-4-8-15/h2-14H,1H3,(H,23,25). The third kappa shape index (κ3) is 2.91. The zero-order valence-electron chi connectivity index (χ0n) is 14.2. The first-order valence-electron chi connectivity index (χ1n) is 8.23. The van der Waals surface area contributed by atoms with E-state index in [2.05, 4.69) is 10.3 Å². The summed E-state index contributed by atoms with van der Waals surface area (Å²) >= 11 is 0. The molecule has 4 aromatic rings. The number of nitrogens with zero attached hydrogens (tertiary/aromatic N) is 2. The fourth-order valence-electron chi connectivity index (χ4n) is 2.88. The topological polar surface area (TPSA) is 55.6 Å². The summed E-state index contributed by atoms with van der Waals surface area (Å²) in [5, 5.41) is 2.89. The van der Waals surface area contributed by atoms with Gasteiger partial charge in [-0.2, -0.15) is 0 Å². The van der Waals surface area contributed by atoms with Crippen LogP contribution in [0.2, 0.25) is 0 Å². The van der Waals surface area contributed by atoms with Crippen LogP contribution in [0, 0.1) is 0 Å². The first kappa shape index (κ1) is 15.9. The normalized spacial score (nSPS) is 10.7. The van der Waals surface area contributed by atoms with Crippen LogP contribution < -0.4 is 10.1 Å². The number of rotatable bonds is 4. The number of imidazole rings is 1. The molecule has 1 amide bonds. The second-order valence-electron chi connectivity index (χ2n) is 5.81. The molecule has 0 unspecified atom stereocenters. The van der Waals surface area contributed by atoms with E-state index in [0.29, 0.717) is 17.1 Å². The molecule has 0 spiro atoms. The van der Waals surface area contributed by atoms with Crippen molar-refractivity contribution in [2.24, 2.45) is 0 Å². The lowest BCUT2D eigenvalue weighted by molar-refractivity contribution is 0.102. The van der Waals surface area contributed by atoms with Crippen LogP contribution in [0.5, 0.6) is 5.75 Å². The molecule has 2 heterocycles. The third-order valence-corrected chi connectivity index (χ3v) is 4.20. The number of pyridine rings is 1. The van der Waals surface area contributed by atoms with Gasteiger partial charge in [-0.25, -0.2) is 4.98 Å². The fourth-order valence-corrected chi connectivity index (χ4v) is 2.88. The minimum Gasteiger partial charge on any atom is -0.495 e. The van der Waals surface area contributed by atoms with E-state index in [-0.39, 0.29) is 5.91 Å². The molecule has 0 fully saturated rings. The van der Waals surface area contributed by atoms with Crippen molar-refractivity contribution in [2.75, 3.05) is 12.4 Å². The minimum atomic E-state index is -0.243. The molecule has 2 aromatic heterocycles. The molecular weight excluding hydrogens is 326 g/mol. The maximum Gasteiger partial charge on any atom is 0.274 e. The molecule has 5 nitrogen and oxygen atoms in total. The average molecular weight is 343 g/mol. The summed E-state index contributed by atoms with van der Waals surface area (Å²) in [5.74, 6) is 0.367. The van der Waals surface area contributed by atoms with Crippen LogP contribution in [-0.4, -0.2) is 22.4 Å². The molecule has 0 aliphatic rings. The van der Waals surface area contributed by atoms with Crippen molar-refractivity contribution in [3.05, 3.63) is 84.8 Å². The Morgan fingerprint density at radius 2 is 1.73 bits per heavy atom. The van der Waals surface area contributed by atoms with Crippen molar-refractivity contribution in [1.29, 1.82) is 0 Å². The highest BCUT2D eigenvalue weighted by molar-refractivity contribution is 6.04. The average Bonchev–Trinajstić information content (AvgIpc) is 3.12. The zero-order chi connectivity index (χ0) is 17.9. The predicted octanol–water partition coefficient (Wildman–Crippen LogP) is 4.26. The highest BCUT2D eigenvalue weighted by atomic mass is 16.5. The molecule has 0 saturated carbocycles. The molecule has 1 N–H and O–H groups in total. The number of nitrogens with one attached hydrogen (secondary N) is 1. The Morgan fingerprint density at radius 3 is 2.54 bits per heavy atom. The minimum absolute atomic E-state index is 0.243. The number of hydrogen-bond donors (Lipinski definition) is 1. The molecule has 0 atom stereocenters. The molecular formula is C21H17N3O2. The molecule has 0 radical (unpaired) electrons. The number of hydrogen-bond acceptors (Lipinski definition) is 3. The smallest absolute Gasteiger partial charge is 0.274 e. The maximum absolute atomic E-state index is 12.8. The molecule has 0 aliphatic carbocycles. The van der Waals surface area contributed by atoms with E-state index >= 15 is 0 Å². The number of carbonyl (C=O) groups excluding carboxylic acids is 1. The number of carbonyl (C=O) groups is 1. The second-order valence-corrected chi connectivity index (χ2v) is 5.81. The van der Waals surface area contributed by atoms with Crippen molar-refractivity contribution in [3.8, 4) is 16.9 Å². The van der Waals surface area contributed by atoms with Crippen LogP contribution in [0.3, 0.4) is 0 Å². The number of amides is 1. The van der Waals surface area contributed by atoms with Gasteiger partial charge in [0.15, 0.2) is 0 Å². The predicted molar refractivity (Wildman–Crippen MR) is 102 cm³/mol. The van der Waals surface area contributed by atoms with E-state index < -0.39 is 0 Å². The van der Waals surface area contributed by atoms with Gasteiger partial charge in [-0.05, 0) is 35.4 Å². The lowest BCUT2D eigenvalue weighted by Crippen LogP contribution is -2.14. The maximum atomic E-state index is 12.8. The van der Waals surface area contributed by atoms with Gasteiger partial charge in [-0.1, -0.05) is 42.5 Å².